The van der Waals surface area contributed by atoms with Crippen molar-refractivity contribution in [3.05, 3.63) is 61.0 Å². The van der Waals surface area contributed by atoms with Crippen molar-refractivity contribution in [1.82, 2.24) is 5.32 Å². The minimum absolute atomic E-state index is 0.120. The monoisotopic (exact) mass is 466 g/mol. The van der Waals surface area contributed by atoms with Gasteiger partial charge in [-0.25, -0.2) is 0 Å². The molecule has 0 bridgehead atoms. The lowest BCUT2D eigenvalue weighted by atomic mass is 10.2. The molecule has 2 rings (SSSR count). The van der Waals surface area contributed by atoms with E-state index in [1.54, 1.807) is 24.3 Å². The Morgan fingerprint density at radius 1 is 1.21 bits per heavy atom. The number of ether oxygens (including phenoxy) is 1. The average molecular weight is 469 g/mol. The zero-order valence-electron chi connectivity index (χ0n) is 11.9. The summed E-state index contributed by atoms with van der Waals surface area (Å²) in [6, 6.07) is 8.16. The van der Waals surface area contributed by atoms with Crippen LogP contribution in [0.2, 0.25) is 15.1 Å². The van der Waals surface area contributed by atoms with E-state index in [-0.39, 0.29) is 22.3 Å². The second-order valence-electron chi connectivity index (χ2n) is 4.58. The second kappa shape index (κ2) is 8.36. The van der Waals surface area contributed by atoms with Gasteiger partial charge in [0, 0.05) is 21.2 Å². The van der Waals surface area contributed by atoms with E-state index in [0.29, 0.717) is 25.8 Å². The van der Waals surface area contributed by atoms with E-state index in [0.717, 1.165) is 0 Å². The highest BCUT2D eigenvalue weighted by Gasteiger charge is 2.15. The van der Waals surface area contributed by atoms with Crippen LogP contribution in [0.25, 0.3) is 0 Å². The Bertz CT molecular complexity index is 774. The maximum absolute atomic E-state index is 11.9. The molecule has 0 aliphatic heterocycles. The Morgan fingerprint density at radius 2 is 1.83 bits per heavy atom. The smallest absolute Gasteiger partial charge is 0.257 e. The van der Waals surface area contributed by atoms with E-state index in [9.17, 15) is 4.79 Å². The van der Waals surface area contributed by atoms with Crippen LogP contribution in [0.15, 0.2) is 34.8 Å². The van der Waals surface area contributed by atoms with Crippen LogP contribution in [0.1, 0.15) is 15.9 Å². The maximum Gasteiger partial charge on any atom is 0.257 e. The summed E-state index contributed by atoms with van der Waals surface area (Å²) in [5, 5.41) is 3.41. The van der Waals surface area contributed by atoms with Crippen LogP contribution < -0.4 is 15.8 Å². The fraction of sp³-hybridized carbons (Fsp3) is 0.0667. The molecule has 0 saturated carbocycles. The SMILES string of the molecule is NC(=S)NC(=O)c1cc(Cl)c(OCc2c(Cl)cccc2Cl)c(Br)c1. The maximum atomic E-state index is 11.9. The fourth-order valence-corrected chi connectivity index (χ4v) is 3.39. The molecule has 24 heavy (non-hydrogen) atoms. The molecule has 4 nitrogen and oxygen atoms in total. The summed E-state index contributed by atoms with van der Waals surface area (Å²) in [5.41, 5.74) is 6.20. The van der Waals surface area contributed by atoms with Crippen molar-refractivity contribution in [2.24, 2.45) is 5.73 Å². The van der Waals surface area contributed by atoms with Gasteiger partial charge in [-0.3, -0.25) is 10.1 Å². The van der Waals surface area contributed by atoms with Gasteiger partial charge in [0.2, 0.25) is 0 Å². The molecule has 0 aliphatic carbocycles. The Balaban J connectivity index is 2.23. The first-order valence-electron chi connectivity index (χ1n) is 6.45. The number of nitrogens with two attached hydrogens (primary N) is 1. The minimum atomic E-state index is -0.467. The molecule has 1 amide bonds. The number of hydrogen-bond acceptors (Lipinski definition) is 3. The Kier molecular flexibility index (Phi) is 6.71. The van der Waals surface area contributed by atoms with Gasteiger partial charge in [0.1, 0.15) is 6.61 Å². The number of amides is 1. The zero-order chi connectivity index (χ0) is 17.9. The van der Waals surface area contributed by atoms with Gasteiger partial charge in [-0.1, -0.05) is 40.9 Å². The fourth-order valence-electron chi connectivity index (χ4n) is 1.83. The molecule has 0 atom stereocenters. The van der Waals surface area contributed by atoms with Crippen LogP contribution >= 0.6 is 63.0 Å². The summed E-state index contributed by atoms with van der Waals surface area (Å²) < 4.78 is 6.19. The number of carbonyl (C=O) groups is 1. The van der Waals surface area contributed by atoms with E-state index in [1.165, 1.54) is 6.07 Å². The largest absolute Gasteiger partial charge is 0.486 e. The minimum Gasteiger partial charge on any atom is -0.486 e. The standard InChI is InChI=1S/C15H10BrCl3N2O2S/c16-9-4-7(14(22)21-15(20)24)5-12(19)13(9)23-6-8-10(17)2-1-3-11(8)18/h1-5H,6H2,(H3,20,21,22,24). The molecule has 0 spiro atoms. The Labute approximate surface area is 167 Å². The first-order valence-corrected chi connectivity index (χ1v) is 8.78. The van der Waals surface area contributed by atoms with Crippen molar-refractivity contribution in [1.29, 1.82) is 0 Å². The lowest BCUT2D eigenvalue weighted by molar-refractivity contribution is 0.0977. The van der Waals surface area contributed by atoms with E-state index < -0.39 is 5.91 Å². The highest BCUT2D eigenvalue weighted by molar-refractivity contribution is 9.10. The number of benzene rings is 2. The zero-order valence-corrected chi connectivity index (χ0v) is 16.6. The molecule has 0 saturated heterocycles. The molecule has 0 heterocycles. The van der Waals surface area contributed by atoms with Crippen LogP contribution in [0, 0.1) is 0 Å². The molecule has 2 aromatic carbocycles. The lowest BCUT2D eigenvalue weighted by Gasteiger charge is -2.13. The molecule has 0 aromatic heterocycles. The van der Waals surface area contributed by atoms with Crippen LogP contribution in [-0.2, 0) is 6.61 Å². The number of rotatable bonds is 4. The predicted octanol–water partition coefficient (Wildman–Crippen LogP) is 4.96. The summed E-state index contributed by atoms with van der Waals surface area (Å²) in [5.74, 6) is -0.106. The highest BCUT2D eigenvalue weighted by atomic mass is 79.9. The van der Waals surface area contributed by atoms with Crippen LogP contribution in [0.3, 0.4) is 0 Å². The van der Waals surface area contributed by atoms with Crippen molar-refractivity contribution in [2.75, 3.05) is 0 Å². The van der Waals surface area contributed by atoms with Crippen LogP contribution in [0.4, 0.5) is 0 Å². The number of nitrogens with one attached hydrogen (secondary N) is 1. The quantitative estimate of drug-likeness (QED) is 0.623. The van der Waals surface area contributed by atoms with Gasteiger partial charge in [-0.2, -0.15) is 0 Å². The summed E-state index contributed by atoms with van der Waals surface area (Å²) in [6.07, 6.45) is 0. The van der Waals surface area contributed by atoms with E-state index in [1.807, 2.05) is 0 Å². The average Bonchev–Trinajstić information content (AvgIpc) is 2.48. The predicted molar refractivity (Wildman–Crippen MR) is 104 cm³/mol. The van der Waals surface area contributed by atoms with Gasteiger partial charge >= 0.3 is 0 Å². The molecule has 0 radical (unpaired) electrons. The van der Waals surface area contributed by atoms with Crippen molar-refractivity contribution in [3.8, 4) is 5.75 Å². The van der Waals surface area contributed by atoms with Crippen LogP contribution in [-0.4, -0.2) is 11.0 Å². The number of halogens is 4. The third-order valence-corrected chi connectivity index (χ3v) is 4.60. The van der Waals surface area contributed by atoms with E-state index in [4.69, 9.17) is 45.3 Å². The Morgan fingerprint density at radius 3 is 2.38 bits per heavy atom. The molecular weight excluding hydrogens is 459 g/mol. The molecule has 0 aliphatic rings. The van der Waals surface area contributed by atoms with Crippen LogP contribution in [0.5, 0.6) is 5.75 Å². The van der Waals surface area contributed by atoms with Crippen molar-refractivity contribution < 1.29 is 9.53 Å². The molecule has 2 aromatic rings. The normalized spacial score (nSPS) is 10.3. The third-order valence-electron chi connectivity index (χ3n) is 2.92. The number of thiocarbonyl (C=S) groups is 1. The van der Waals surface area contributed by atoms with Gasteiger partial charge < -0.3 is 10.5 Å². The summed E-state index contributed by atoms with van der Waals surface area (Å²) in [7, 11) is 0. The van der Waals surface area contributed by atoms with Gasteiger partial charge in [0.25, 0.3) is 5.91 Å². The van der Waals surface area contributed by atoms with Gasteiger partial charge in [0.15, 0.2) is 10.9 Å². The first kappa shape index (κ1) is 19.3. The molecule has 9 heteroatoms. The van der Waals surface area contributed by atoms with Crippen molar-refractivity contribution in [3.63, 3.8) is 0 Å². The van der Waals surface area contributed by atoms with E-state index >= 15 is 0 Å². The number of hydrogen-bond donors (Lipinski definition) is 2. The molecule has 0 unspecified atom stereocenters. The Hall–Kier alpha value is -1.05. The van der Waals surface area contributed by atoms with Crippen molar-refractivity contribution >= 4 is 74.0 Å². The second-order valence-corrected chi connectivity index (χ2v) is 7.09. The van der Waals surface area contributed by atoms with E-state index in [2.05, 4.69) is 33.5 Å². The lowest BCUT2D eigenvalue weighted by Crippen LogP contribution is -2.34. The van der Waals surface area contributed by atoms with Gasteiger partial charge in [-0.05, 0) is 52.4 Å². The topological polar surface area (TPSA) is 64.3 Å². The molecule has 0 fully saturated rings. The van der Waals surface area contributed by atoms with Gasteiger partial charge in [0.05, 0.1) is 9.50 Å². The molecule has 126 valence electrons. The molecular formula is C15H10BrCl3N2O2S. The first-order chi connectivity index (χ1) is 11.3. The van der Waals surface area contributed by atoms with Crippen molar-refractivity contribution in [2.45, 2.75) is 6.61 Å². The third kappa shape index (κ3) is 4.74. The number of carbonyl (C=O) groups excluding carboxylic acids is 1. The highest BCUT2D eigenvalue weighted by Crippen LogP contribution is 2.36. The van der Waals surface area contributed by atoms with Gasteiger partial charge in [-0.15, -0.1) is 0 Å². The summed E-state index contributed by atoms with van der Waals surface area (Å²) in [6.45, 7) is 0.120. The molecule has 3 N–H and O–H groups in total. The summed E-state index contributed by atoms with van der Waals surface area (Å²) in [4.78, 5) is 11.9. The summed E-state index contributed by atoms with van der Waals surface area (Å²) >= 11 is 26.4.